The van der Waals surface area contributed by atoms with Crippen molar-refractivity contribution in [3.8, 4) is 23.0 Å². The predicted octanol–water partition coefficient (Wildman–Crippen LogP) is 3.74. The molecule has 1 fully saturated rings. The number of likely N-dealkylation sites (tertiary alicyclic amines) is 1. The average Bonchev–Trinajstić information content (AvgIpc) is 3.60. The van der Waals surface area contributed by atoms with E-state index in [-0.39, 0.29) is 11.9 Å². The minimum absolute atomic E-state index is 0.205. The second-order valence-electron chi connectivity index (χ2n) is 7.38. The fourth-order valence-electron chi connectivity index (χ4n) is 3.91. The fraction of sp³-hybridized carbons (Fsp3) is 0.273. The number of hydrogen-bond donors (Lipinski definition) is 0. The number of carbonyl (C=O) groups excluding carboxylic acids is 1. The van der Waals surface area contributed by atoms with Crippen molar-refractivity contribution in [2.45, 2.75) is 25.8 Å². The van der Waals surface area contributed by atoms with E-state index in [4.69, 9.17) is 20.9 Å². The number of aromatic nitrogens is 6. The van der Waals surface area contributed by atoms with Gasteiger partial charge in [0.05, 0.1) is 35.8 Å². The number of ether oxygens (including phenoxy) is 1. The monoisotopic (exact) mass is 465 g/mol. The van der Waals surface area contributed by atoms with E-state index in [2.05, 4.69) is 25.3 Å². The smallest absolute Gasteiger partial charge is 0.256 e. The highest BCUT2D eigenvalue weighted by atomic mass is 35.5. The van der Waals surface area contributed by atoms with Crippen molar-refractivity contribution in [3.63, 3.8) is 0 Å². The third kappa shape index (κ3) is 4.05. The highest BCUT2D eigenvalue weighted by Crippen LogP contribution is 2.35. The lowest BCUT2D eigenvalue weighted by Crippen LogP contribution is -2.31. The zero-order valence-corrected chi connectivity index (χ0v) is 18.5. The first-order valence-corrected chi connectivity index (χ1v) is 10.9. The number of amides is 1. The molecule has 5 rings (SSSR count). The summed E-state index contributed by atoms with van der Waals surface area (Å²) in [6.45, 7) is 2.90. The fourth-order valence-corrected chi connectivity index (χ4v) is 4.08. The maximum Gasteiger partial charge on any atom is 0.256 e. The molecule has 1 aromatic carbocycles. The van der Waals surface area contributed by atoms with Crippen LogP contribution in [0.2, 0.25) is 5.02 Å². The second-order valence-corrected chi connectivity index (χ2v) is 7.82. The van der Waals surface area contributed by atoms with Gasteiger partial charge in [-0.05, 0) is 50.1 Å². The summed E-state index contributed by atoms with van der Waals surface area (Å²) >= 11 is 6.21. The molecule has 1 aliphatic rings. The number of rotatable bonds is 6. The Morgan fingerprint density at radius 2 is 2.09 bits per heavy atom. The minimum Gasteiger partial charge on any atom is -0.477 e. The lowest BCUT2D eigenvalue weighted by atomic mass is 10.1. The van der Waals surface area contributed by atoms with Gasteiger partial charge < -0.3 is 14.2 Å². The van der Waals surface area contributed by atoms with E-state index in [0.29, 0.717) is 59.0 Å². The molecule has 0 radical (unpaired) electrons. The van der Waals surface area contributed by atoms with Gasteiger partial charge in [-0.2, -0.15) is 20.0 Å². The summed E-state index contributed by atoms with van der Waals surface area (Å²) in [5.41, 5.74) is 1.58. The zero-order valence-electron chi connectivity index (χ0n) is 17.8. The molecule has 0 aliphatic carbocycles. The van der Waals surface area contributed by atoms with Crippen molar-refractivity contribution in [1.29, 1.82) is 0 Å². The molecule has 1 amide bonds. The molecule has 33 heavy (non-hydrogen) atoms. The molecule has 0 spiro atoms. The summed E-state index contributed by atoms with van der Waals surface area (Å²) in [6.07, 6.45) is 6.26. The lowest BCUT2D eigenvalue weighted by molar-refractivity contribution is 0.0709. The molecular weight excluding hydrogens is 446 g/mol. The Bertz CT molecular complexity index is 1270. The highest BCUT2D eigenvalue weighted by Gasteiger charge is 2.36. The molecule has 168 valence electrons. The van der Waals surface area contributed by atoms with Crippen LogP contribution in [-0.2, 0) is 0 Å². The standard InChI is InChI=1S/C22H20ClN7O3/c1-2-32-20-15(5-3-9-24-20)19-27-21(33-28-19)18-6-4-12-29(18)22(31)16-13-14(23)7-8-17(16)30-25-10-11-26-30/h3,5,7-11,13,18H,2,4,6,12H2,1H3/t18-/m0/s1. The number of hydrogen-bond acceptors (Lipinski definition) is 8. The van der Waals surface area contributed by atoms with Crippen LogP contribution in [0.4, 0.5) is 0 Å². The summed E-state index contributed by atoms with van der Waals surface area (Å²) in [5, 5.41) is 12.9. The van der Waals surface area contributed by atoms with Crippen molar-refractivity contribution >= 4 is 17.5 Å². The molecule has 1 aliphatic heterocycles. The Morgan fingerprint density at radius 3 is 2.91 bits per heavy atom. The van der Waals surface area contributed by atoms with Gasteiger partial charge in [-0.25, -0.2) is 4.98 Å². The van der Waals surface area contributed by atoms with Crippen LogP contribution < -0.4 is 4.74 Å². The van der Waals surface area contributed by atoms with Crippen LogP contribution in [0.25, 0.3) is 17.1 Å². The maximum absolute atomic E-state index is 13.6. The normalized spacial score (nSPS) is 15.7. The summed E-state index contributed by atoms with van der Waals surface area (Å²) in [6, 6.07) is 8.29. The van der Waals surface area contributed by atoms with Crippen molar-refractivity contribution in [1.82, 2.24) is 35.0 Å². The van der Waals surface area contributed by atoms with Crippen molar-refractivity contribution < 1.29 is 14.1 Å². The molecule has 4 aromatic rings. The molecule has 0 N–H and O–H groups in total. The van der Waals surface area contributed by atoms with Crippen molar-refractivity contribution in [3.05, 3.63) is 65.4 Å². The number of benzene rings is 1. The molecule has 1 atom stereocenters. The third-order valence-electron chi connectivity index (χ3n) is 5.36. The van der Waals surface area contributed by atoms with Crippen LogP contribution in [0.5, 0.6) is 5.88 Å². The van der Waals surface area contributed by atoms with Crippen LogP contribution >= 0.6 is 11.6 Å². The van der Waals surface area contributed by atoms with Gasteiger partial charge in [0.1, 0.15) is 6.04 Å². The van der Waals surface area contributed by atoms with E-state index < -0.39 is 0 Å². The molecular formula is C22H20ClN7O3. The number of halogens is 1. The first-order valence-electron chi connectivity index (χ1n) is 10.5. The Morgan fingerprint density at radius 1 is 1.24 bits per heavy atom. The molecule has 1 saturated heterocycles. The van der Waals surface area contributed by atoms with E-state index >= 15 is 0 Å². The number of pyridine rings is 1. The SMILES string of the molecule is CCOc1ncccc1-c1noc([C@@H]2CCCN2C(=O)c2cc(Cl)ccc2-n2nccn2)n1. The first-order chi connectivity index (χ1) is 16.2. The van der Waals surface area contributed by atoms with Gasteiger partial charge >= 0.3 is 0 Å². The van der Waals surface area contributed by atoms with Crippen LogP contribution in [0, 0.1) is 0 Å². The quantitative estimate of drug-likeness (QED) is 0.423. The number of nitrogens with zero attached hydrogens (tertiary/aromatic N) is 7. The number of carbonyl (C=O) groups is 1. The van der Waals surface area contributed by atoms with Gasteiger partial charge in [-0.1, -0.05) is 16.8 Å². The predicted molar refractivity (Wildman–Crippen MR) is 118 cm³/mol. The Labute approximate surface area is 194 Å². The molecule has 4 heterocycles. The lowest BCUT2D eigenvalue weighted by Gasteiger charge is -2.23. The van der Waals surface area contributed by atoms with E-state index in [1.165, 1.54) is 4.80 Å². The molecule has 0 saturated carbocycles. The summed E-state index contributed by atoms with van der Waals surface area (Å²) in [7, 11) is 0. The topological polar surface area (TPSA) is 112 Å². The second kappa shape index (κ2) is 8.99. The molecule has 10 nitrogen and oxygen atoms in total. The van der Waals surface area contributed by atoms with Gasteiger partial charge in [-0.15, -0.1) is 0 Å². The van der Waals surface area contributed by atoms with Crippen LogP contribution in [-0.4, -0.2) is 54.1 Å². The summed E-state index contributed by atoms with van der Waals surface area (Å²) < 4.78 is 11.2. The molecule has 0 unspecified atom stereocenters. The van der Waals surface area contributed by atoms with Gasteiger partial charge in [0.25, 0.3) is 5.91 Å². The van der Waals surface area contributed by atoms with Gasteiger partial charge in [0, 0.05) is 17.8 Å². The van der Waals surface area contributed by atoms with E-state index in [1.54, 1.807) is 47.8 Å². The van der Waals surface area contributed by atoms with Gasteiger partial charge in [0.15, 0.2) is 0 Å². The van der Waals surface area contributed by atoms with Gasteiger partial charge in [-0.3, -0.25) is 4.79 Å². The summed E-state index contributed by atoms with van der Waals surface area (Å²) in [4.78, 5) is 25.5. The van der Waals surface area contributed by atoms with E-state index in [0.717, 1.165) is 6.42 Å². The van der Waals surface area contributed by atoms with Crippen LogP contribution in [0.3, 0.4) is 0 Å². The largest absolute Gasteiger partial charge is 0.477 e. The average molecular weight is 466 g/mol. The Kier molecular flexibility index (Phi) is 5.74. The Hall–Kier alpha value is -3.79. The maximum atomic E-state index is 13.6. The molecule has 0 bridgehead atoms. The first kappa shape index (κ1) is 21.1. The van der Waals surface area contributed by atoms with E-state index in [9.17, 15) is 4.79 Å². The van der Waals surface area contributed by atoms with Gasteiger partial charge in [0.2, 0.25) is 17.6 Å². The third-order valence-corrected chi connectivity index (χ3v) is 5.59. The highest BCUT2D eigenvalue weighted by molar-refractivity contribution is 6.31. The van der Waals surface area contributed by atoms with Crippen molar-refractivity contribution in [2.75, 3.05) is 13.2 Å². The minimum atomic E-state index is -0.358. The van der Waals surface area contributed by atoms with Crippen molar-refractivity contribution in [2.24, 2.45) is 0 Å². The summed E-state index contributed by atoms with van der Waals surface area (Å²) in [5.74, 6) is 0.957. The zero-order chi connectivity index (χ0) is 22.8. The van der Waals surface area contributed by atoms with E-state index in [1.807, 2.05) is 13.0 Å². The Balaban J connectivity index is 1.46. The molecule has 11 heteroatoms. The van der Waals surface area contributed by atoms with Crippen LogP contribution in [0.1, 0.15) is 42.1 Å². The van der Waals surface area contributed by atoms with Crippen LogP contribution in [0.15, 0.2) is 53.4 Å². The molecule has 3 aromatic heterocycles.